The summed E-state index contributed by atoms with van der Waals surface area (Å²) in [4.78, 5) is 32.5. The third-order valence-electron chi connectivity index (χ3n) is 3.55. The van der Waals surface area contributed by atoms with E-state index in [-0.39, 0.29) is 11.8 Å². The number of thiazole rings is 1. The summed E-state index contributed by atoms with van der Waals surface area (Å²) in [5.41, 5.74) is 1.25. The van der Waals surface area contributed by atoms with Crippen LogP contribution in [-0.4, -0.2) is 32.6 Å². The largest absolute Gasteiger partial charge is 0.293 e. The van der Waals surface area contributed by atoms with Gasteiger partial charge in [0.05, 0.1) is 16.3 Å². The Bertz CT molecular complexity index is 925. The van der Waals surface area contributed by atoms with Crippen molar-refractivity contribution >= 4 is 79.9 Å². The van der Waals surface area contributed by atoms with E-state index in [4.69, 9.17) is 23.8 Å². The normalized spacial score (nSPS) is 15.8. The summed E-state index contributed by atoms with van der Waals surface area (Å²) in [5.74, 6) is -0.291. The highest BCUT2D eigenvalue weighted by molar-refractivity contribution is 8.26. The van der Waals surface area contributed by atoms with Crippen LogP contribution < -0.4 is 4.90 Å². The lowest BCUT2D eigenvalue weighted by molar-refractivity contribution is -0.122. The molecule has 0 radical (unpaired) electrons. The van der Waals surface area contributed by atoms with Crippen LogP contribution in [0.2, 0.25) is 5.02 Å². The molecule has 0 aliphatic carbocycles. The maximum atomic E-state index is 12.3. The molecule has 3 rings (SSSR count). The molecule has 0 unspecified atom stereocenters. The monoisotopic (exact) mass is 423 g/mol. The topological polar surface area (TPSA) is 53.5 Å². The standard InChI is InChI=1S/C17H14ClN3O2S3/c1-3-20-15(23)14(26-17(20)24)8-12-9-25-16(19-12)21(10(2)22)13-6-4-5-11(18)7-13/h4-9H,3H2,1-2H3/b14-8+. The van der Waals surface area contributed by atoms with Crippen LogP contribution in [0.15, 0.2) is 34.6 Å². The number of aromatic nitrogens is 1. The van der Waals surface area contributed by atoms with Crippen molar-refractivity contribution in [1.82, 2.24) is 9.88 Å². The summed E-state index contributed by atoms with van der Waals surface area (Å²) < 4.78 is 0.545. The fourth-order valence-corrected chi connectivity index (χ4v) is 4.79. The molecule has 2 aromatic rings. The number of anilines is 2. The number of carbonyl (C=O) groups is 2. The summed E-state index contributed by atoms with van der Waals surface area (Å²) >= 11 is 13.8. The molecule has 1 aliphatic heterocycles. The highest BCUT2D eigenvalue weighted by Gasteiger charge is 2.31. The van der Waals surface area contributed by atoms with Crippen LogP contribution in [-0.2, 0) is 9.59 Å². The lowest BCUT2D eigenvalue weighted by Crippen LogP contribution is -2.27. The number of nitrogens with zero attached hydrogens (tertiary/aromatic N) is 3. The van der Waals surface area contributed by atoms with Crippen LogP contribution in [0.4, 0.5) is 10.8 Å². The zero-order valence-electron chi connectivity index (χ0n) is 13.9. The minimum Gasteiger partial charge on any atom is -0.293 e. The van der Waals surface area contributed by atoms with Crippen molar-refractivity contribution in [2.24, 2.45) is 0 Å². The summed E-state index contributed by atoms with van der Waals surface area (Å²) in [6.45, 7) is 3.88. The van der Waals surface area contributed by atoms with E-state index in [2.05, 4.69) is 4.98 Å². The average molecular weight is 424 g/mol. The highest BCUT2D eigenvalue weighted by Crippen LogP contribution is 2.34. The van der Waals surface area contributed by atoms with Gasteiger partial charge in [-0.15, -0.1) is 11.3 Å². The molecule has 134 valence electrons. The van der Waals surface area contributed by atoms with E-state index in [1.54, 1.807) is 40.6 Å². The first-order valence-electron chi connectivity index (χ1n) is 7.68. The number of hydrogen-bond acceptors (Lipinski definition) is 6. The van der Waals surface area contributed by atoms with E-state index in [1.165, 1.54) is 34.9 Å². The number of benzene rings is 1. The molecule has 2 heterocycles. The molecule has 1 aromatic carbocycles. The van der Waals surface area contributed by atoms with Crippen molar-refractivity contribution in [3.05, 3.63) is 45.3 Å². The second-order valence-corrected chi connectivity index (χ2v) is 8.26. The van der Waals surface area contributed by atoms with E-state index >= 15 is 0 Å². The molecule has 5 nitrogen and oxygen atoms in total. The summed E-state index contributed by atoms with van der Waals surface area (Å²) in [6, 6.07) is 7.02. The Morgan fingerprint density at radius 2 is 2.23 bits per heavy atom. The highest BCUT2D eigenvalue weighted by atomic mass is 35.5. The Kier molecular flexibility index (Phi) is 5.76. The van der Waals surface area contributed by atoms with Gasteiger partial charge in [-0.3, -0.25) is 19.4 Å². The predicted octanol–water partition coefficient (Wildman–Crippen LogP) is 4.70. The molecule has 9 heteroatoms. The third-order valence-corrected chi connectivity index (χ3v) is 6.01. The second-order valence-electron chi connectivity index (χ2n) is 5.32. The van der Waals surface area contributed by atoms with E-state index in [0.717, 1.165) is 0 Å². The average Bonchev–Trinajstić information content (AvgIpc) is 3.12. The van der Waals surface area contributed by atoms with Crippen molar-refractivity contribution in [2.75, 3.05) is 11.4 Å². The van der Waals surface area contributed by atoms with Crippen LogP contribution >= 0.6 is 46.9 Å². The molecular formula is C17H14ClN3O2S3. The van der Waals surface area contributed by atoms with Crippen molar-refractivity contribution in [2.45, 2.75) is 13.8 Å². The summed E-state index contributed by atoms with van der Waals surface area (Å²) in [5, 5.41) is 2.85. The number of hydrogen-bond donors (Lipinski definition) is 0. The molecular weight excluding hydrogens is 410 g/mol. The molecule has 1 aromatic heterocycles. The minimum atomic E-state index is -0.175. The molecule has 0 atom stereocenters. The minimum absolute atomic E-state index is 0.115. The Labute approximate surface area is 169 Å². The first kappa shape index (κ1) is 19.0. The molecule has 0 N–H and O–H groups in total. The van der Waals surface area contributed by atoms with Gasteiger partial charge in [-0.2, -0.15) is 0 Å². The van der Waals surface area contributed by atoms with Crippen LogP contribution in [0.5, 0.6) is 0 Å². The number of thioether (sulfide) groups is 1. The van der Waals surface area contributed by atoms with Gasteiger partial charge in [0, 0.05) is 23.9 Å². The molecule has 2 amide bonds. The van der Waals surface area contributed by atoms with Crippen molar-refractivity contribution < 1.29 is 9.59 Å². The zero-order chi connectivity index (χ0) is 18.8. The fourth-order valence-electron chi connectivity index (χ4n) is 2.39. The van der Waals surface area contributed by atoms with Gasteiger partial charge < -0.3 is 0 Å². The van der Waals surface area contributed by atoms with E-state index < -0.39 is 0 Å². The Balaban J connectivity index is 1.91. The van der Waals surface area contributed by atoms with Crippen LogP contribution in [0.25, 0.3) is 6.08 Å². The van der Waals surface area contributed by atoms with Gasteiger partial charge in [-0.25, -0.2) is 4.98 Å². The van der Waals surface area contributed by atoms with Gasteiger partial charge in [0.2, 0.25) is 5.91 Å². The summed E-state index contributed by atoms with van der Waals surface area (Å²) in [7, 11) is 0. The Hall–Kier alpha value is -1.74. The molecule has 0 spiro atoms. The number of amides is 2. The van der Waals surface area contributed by atoms with Crippen LogP contribution in [0.3, 0.4) is 0 Å². The lowest BCUT2D eigenvalue weighted by Gasteiger charge is -2.18. The third kappa shape index (κ3) is 3.83. The zero-order valence-corrected chi connectivity index (χ0v) is 17.1. The van der Waals surface area contributed by atoms with Crippen molar-refractivity contribution in [1.29, 1.82) is 0 Å². The maximum Gasteiger partial charge on any atom is 0.266 e. The quantitative estimate of drug-likeness (QED) is 0.526. The lowest BCUT2D eigenvalue weighted by atomic mass is 10.3. The molecule has 1 saturated heterocycles. The number of likely N-dealkylation sites (N-methyl/N-ethyl adjacent to an activating group) is 1. The van der Waals surface area contributed by atoms with Gasteiger partial charge in [-0.1, -0.05) is 41.6 Å². The first-order chi connectivity index (χ1) is 12.4. The molecule has 1 aliphatic rings. The fraction of sp³-hybridized carbons (Fsp3) is 0.176. The smallest absolute Gasteiger partial charge is 0.266 e. The van der Waals surface area contributed by atoms with Gasteiger partial charge >= 0.3 is 0 Å². The molecule has 0 saturated carbocycles. The molecule has 26 heavy (non-hydrogen) atoms. The predicted molar refractivity (Wildman–Crippen MR) is 112 cm³/mol. The van der Waals surface area contributed by atoms with E-state index in [1.807, 2.05) is 6.92 Å². The van der Waals surface area contributed by atoms with Gasteiger partial charge in [0.25, 0.3) is 5.91 Å². The summed E-state index contributed by atoms with van der Waals surface area (Å²) in [6.07, 6.45) is 1.70. The van der Waals surface area contributed by atoms with Gasteiger partial charge in [-0.05, 0) is 31.2 Å². The number of thiocarbonyl (C=S) groups is 1. The van der Waals surface area contributed by atoms with E-state index in [9.17, 15) is 9.59 Å². The first-order valence-corrected chi connectivity index (χ1v) is 10.2. The van der Waals surface area contributed by atoms with Crippen molar-refractivity contribution in [3.8, 4) is 0 Å². The van der Waals surface area contributed by atoms with E-state index in [0.29, 0.717) is 37.3 Å². The number of rotatable bonds is 4. The Morgan fingerprint density at radius 1 is 1.46 bits per heavy atom. The van der Waals surface area contributed by atoms with Crippen LogP contribution in [0.1, 0.15) is 19.5 Å². The van der Waals surface area contributed by atoms with Crippen molar-refractivity contribution in [3.63, 3.8) is 0 Å². The number of halogens is 1. The maximum absolute atomic E-state index is 12.3. The molecule has 1 fully saturated rings. The number of carbonyl (C=O) groups excluding carboxylic acids is 2. The Morgan fingerprint density at radius 3 is 2.85 bits per heavy atom. The van der Waals surface area contributed by atoms with Crippen LogP contribution in [0, 0.1) is 0 Å². The second kappa shape index (κ2) is 7.87. The van der Waals surface area contributed by atoms with Gasteiger partial charge in [0.1, 0.15) is 4.32 Å². The van der Waals surface area contributed by atoms with Gasteiger partial charge in [0.15, 0.2) is 5.13 Å². The molecule has 0 bridgehead atoms. The SMILES string of the molecule is CCN1C(=O)/C(=C\c2csc(N(C(C)=O)c3cccc(Cl)c3)n2)SC1=S.